The number of nitrogens with zero attached hydrogens (tertiary/aromatic N) is 1. The van der Waals surface area contributed by atoms with E-state index in [4.69, 9.17) is 13.7 Å². The Labute approximate surface area is 112 Å². The van der Waals surface area contributed by atoms with Crippen LogP contribution in [0.25, 0.3) is 22.2 Å². The van der Waals surface area contributed by atoms with Crippen molar-refractivity contribution >= 4 is 16.9 Å². The van der Waals surface area contributed by atoms with E-state index in [0.717, 1.165) is 0 Å². The Kier molecular flexibility index (Phi) is 2.83. The highest BCUT2D eigenvalue weighted by Crippen LogP contribution is 2.22. The second-order valence-electron chi connectivity index (χ2n) is 4.11. The van der Waals surface area contributed by atoms with Gasteiger partial charge in [-0.25, -0.2) is 0 Å². The van der Waals surface area contributed by atoms with E-state index in [1.807, 2.05) is 0 Å². The van der Waals surface area contributed by atoms with Gasteiger partial charge in [0.25, 0.3) is 0 Å². The van der Waals surface area contributed by atoms with Crippen LogP contribution in [0.15, 0.2) is 50.5 Å². The van der Waals surface area contributed by atoms with Crippen molar-refractivity contribution in [3.63, 3.8) is 0 Å². The van der Waals surface area contributed by atoms with Crippen LogP contribution in [0.1, 0.15) is 6.92 Å². The number of carbonyl (C=O) groups excluding carboxylic acids is 1. The van der Waals surface area contributed by atoms with Crippen molar-refractivity contribution in [3.05, 3.63) is 47.0 Å². The monoisotopic (exact) mass is 271 g/mol. The third-order valence-corrected chi connectivity index (χ3v) is 2.72. The van der Waals surface area contributed by atoms with Gasteiger partial charge >= 0.3 is 5.97 Å². The van der Waals surface area contributed by atoms with E-state index in [0.29, 0.717) is 28.0 Å². The molecule has 0 unspecified atom stereocenters. The molecule has 2 heterocycles. The molecule has 0 spiro atoms. The average Bonchev–Trinajstić information content (AvgIpc) is 2.92. The van der Waals surface area contributed by atoms with Gasteiger partial charge in [0.1, 0.15) is 29.6 Å². The van der Waals surface area contributed by atoms with Gasteiger partial charge in [-0.3, -0.25) is 9.59 Å². The summed E-state index contributed by atoms with van der Waals surface area (Å²) in [6.07, 6.45) is 2.68. The second-order valence-corrected chi connectivity index (χ2v) is 4.11. The van der Waals surface area contributed by atoms with Crippen molar-refractivity contribution in [1.82, 2.24) is 5.16 Å². The Morgan fingerprint density at radius 1 is 1.30 bits per heavy atom. The minimum Gasteiger partial charge on any atom is -0.463 e. The molecule has 0 N–H and O–H groups in total. The van der Waals surface area contributed by atoms with Crippen molar-refractivity contribution < 1.29 is 18.5 Å². The number of hydrogen-bond donors (Lipinski definition) is 0. The van der Waals surface area contributed by atoms with Crippen LogP contribution < -0.4 is 10.2 Å². The summed E-state index contributed by atoms with van der Waals surface area (Å²) in [7, 11) is 0. The van der Waals surface area contributed by atoms with Crippen LogP contribution in [0.5, 0.6) is 5.75 Å². The summed E-state index contributed by atoms with van der Waals surface area (Å²) >= 11 is 0. The molecular weight excluding hydrogens is 262 g/mol. The van der Waals surface area contributed by atoms with Crippen LogP contribution in [0.3, 0.4) is 0 Å². The zero-order chi connectivity index (χ0) is 14.1. The van der Waals surface area contributed by atoms with Gasteiger partial charge in [0.05, 0.1) is 10.9 Å². The van der Waals surface area contributed by atoms with Crippen LogP contribution in [-0.2, 0) is 4.79 Å². The minimum absolute atomic E-state index is 0.227. The maximum atomic E-state index is 12.3. The van der Waals surface area contributed by atoms with Crippen molar-refractivity contribution in [2.45, 2.75) is 6.92 Å². The summed E-state index contributed by atoms with van der Waals surface area (Å²) in [5, 5.41) is 4.08. The standard InChI is InChI=1S/C14H9NO5/c1-8(16)20-9-2-3-10-13(6-9)18-7-11(14(10)17)12-4-5-19-15-12/h2-7H,1H3. The van der Waals surface area contributed by atoms with Gasteiger partial charge in [-0.1, -0.05) is 5.16 Å². The van der Waals surface area contributed by atoms with Crippen LogP contribution in [0.2, 0.25) is 0 Å². The number of ether oxygens (including phenoxy) is 1. The lowest BCUT2D eigenvalue weighted by molar-refractivity contribution is -0.131. The topological polar surface area (TPSA) is 82.5 Å². The molecule has 0 fully saturated rings. The molecular formula is C14H9NO5. The summed E-state index contributed by atoms with van der Waals surface area (Å²) in [5.74, 6) is -0.117. The first-order chi connectivity index (χ1) is 9.65. The lowest BCUT2D eigenvalue weighted by Gasteiger charge is -2.03. The molecule has 0 saturated carbocycles. The molecule has 0 atom stereocenters. The van der Waals surface area contributed by atoms with E-state index in [2.05, 4.69) is 5.16 Å². The molecule has 6 heteroatoms. The zero-order valence-corrected chi connectivity index (χ0v) is 10.5. The molecule has 20 heavy (non-hydrogen) atoms. The fourth-order valence-electron chi connectivity index (χ4n) is 1.87. The van der Waals surface area contributed by atoms with Gasteiger partial charge < -0.3 is 13.7 Å². The molecule has 3 rings (SSSR count). The highest BCUT2D eigenvalue weighted by molar-refractivity contribution is 5.82. The lowest BCUT2D eigenvalue weighted by Crippen LogP contribution is -2.06. The predicted molar refractivity (Wildman–Crippen MR) is 69.3 cm³/mol. The molecule has 2 aromatic heterocycles. The van der Waals surface area contributed by atoms with Crippen molar-refractivity contribution in [3.8, 4) is 17.0 Å². The van der Waals surface area contributed by atoms with E-state index in [1.165, 1.54) is 31.6 Å². The number of carbonyl (C=O) groups is 1. The number of hydrogen-bond acceptors (Lipinski definition) is 6. The Hall–Kier alpha value is -2.89. The Morgan fingerprint density at radius 3 is 2.85 bits per heavy atom. The van der Waals surface area contributed by atoms with Crippen molar-refractivity contribution in [2.24, 2.45) is 0 Å². The van der Waals surface area contributed by atoms with Crippen LogP contribution >= 0.6 is 0 Å². The SMILES string of the molecule is CC(=O)Oc1ccc2c(=O)c(-c3ccon3)coc2c1. The summed E-state index contributed by atoms with van der Waals surface area (Å²) in [5.41, 5.74) is 0.826. The molecule has 1 aromatic carbocycles. The molecule has 0 aliphatic rings. The van der Waals surface area contributed by atoms with Crippen molar-refractivity contribution in [2.75, 3.05) is 0 Å². The average molecular weight is 271 g/mol. The quantitative estimate of drug-likeness (QED) is 0.525. The Bertz CT molecular complexity index is 832. The maximum Gasteiger partial charge on any atom is 0.308 e. The summed E-state index contributed by atoms with van der Waals surface area (Å²) in [6.45, 7) is 1.30. The van der Waals surface area contributed by atoms with Gasteiger partial charge in [-0.05, 0) is 12.1 Å². The Morgan fingerprint density at radius 2 is 2.15 bits per heavy atom. The van der Waals surface area contributed by atoms with E-state index < -0.39 is 5.97 Å². The first kappa shape index (κ1) is 12.2. The molecule has 6 nitrogen and oxygen atoms in total. The van der Waals surface area contributed by atoms with E-state index in [1.54, 1.807) is 12.1 Å². The normalized spacial score (nSPS) is 10.7. The van der Waals surface area contributed by atoms with Crippen molar-refractivity contribution in [1.29, 1.82) is 0 Å². The number of rotatable bonds is 2. The smallest absolute Gasteiger partial charge is 0.308 e. The van der Waals surface area contributed by atoms with Gasteiger partial charge in [0.2, 0.25) is 5.43 Å². The number of aromatic nitrogens is 1. The summed E-state index contributed by atoms with van der Waals surface area (Å²) in [6, 6.07) is 6.15. The first-order valence-corrected chi connectivity index (χ1v) is 5.80. The predicted octanol–water partition coefficient (Wildman–Crippen LogP) is 2.37. The highest BCUT2D eigenvalue weighted by Gasteiger charge is 2.12. The molecule has 0 aliphatic carbocycles. The molecule has 0 bridgehead atoms. The van der Waals surface area contributed by atoms with E-state index >= 15 is 0 Å². The maximum absolute atomic E-state index is 12.3. The van der Waals surface area contributed by atoms with Gasteiger partial charge in [0.15, 0.2) is 0 Å². The second kappa shape index (κ2) is 4.65. The van der Waals surface area contributed by atoms with Crippen LogP contribution in [-0.4, -0.2) is 11.1 Å². The third kappa shape index (κ3) is 2.07. The fourth-order valence-corrected chi connectivity index (χ4v) is 1.87. The number of benzene rings is 1. The third-order valence-electron chi connectivity index (χ3n) is 2.72. The minimum atomic E-state index is -0.439. The van der Waals surface area contributed by atoms with Gasteiger partial charge in [0, 0.05) is 19.1 Å². The largest absolute Gasteiger partial charge is 0.463 e. The van der Waals surface area contributed by atoms with Crippen LogP contribution in [0, 0.1) is 0 Å². The molecule has 100 valence electrons. The van der Waals surface area contributed by atoms with Gasteiger partial charge in [-0.15, -0.1) is 0 Å². The van der Waals surface area contributed by atoms with E-state index in [-0.39, 0.29) is 5.43 Å². The zero-order valence-electron chi connectivity index (χ0n) is 10.5. The molecule has 0 radical (unpaired) electrons. The molecule has 0 amide bonds. The first-order valence-electron chi connectivity index (χ1n) is 5.80. The number of fused-ring (bicyclic) bond motifs is 1. The highest BCUT2D eigenvalue weighted by atomic mass is 16.5. The Balaban J connectivity index is 2.15. The summed E-state index contributed by atoms with van der Waals surface area (Å²) < 4.78 is 15.0. The van der Waals surface area contributed by atoms with Crippen LogP contribution in [0.4, 0.5) is 0 Å². The fraction of sp³-hybridized carbons (Fsp3) is 0.0714. The molecule has 3 aromatic rings. The van der Waals surface area contributed by atoms with Gasteiger partial charge in [-0.2, -0.15) is 0 Å². The summed E-state index contributed by atoms with van der Waals surface area (Å²) in [4.78, 5) is 23.2. The lowest BCUT2D eigenvalue weighted by atomic mass is 10.1. The van der Waals surface area contributed by atoms with E-state index in [9.17, 15) is 9.59 Å². The number of esters is 1. The molecule has 0 aliphatic heterocycles. The molecule has 0 saturated heterocycles.